The molecule has 0 unspecified atom stereocenters. The normalized spacial score (nSPS) is 11.6. The monoisotopic (exact) mass is 1470 g/mol. The van der Waals surface area contributed by atoms with Crippen molar-refractivity contribution in [2.75, 3.05) is 13.1 Å². The molecule has 0 aliphatic rings. The first-order valence-electron chi connectivity index (χ1n) is 27.7. The number of nitriles is 1. The number of rotatable bonds is 23. The number of carbonyl (C=O) groups excluding carboxylic acids is 3. The lowest BCUT2D eigenvalue weighted by Crippen LogP contribution is -2.35. The number of pyridine rings is 3. The number of aromatic nitrogens is 3. The van der Waals surface area contributed by atoms with E-state index in [9.17, 15) is 148 Å². The summed E-state index contributed by atoms with van der Waals surface area (Å²) in [6.07, 6.45) is -17.4. The van der Waals surface area contributed by atoms with Crippen molar-refractivity contribution in [2.45, 2.75) is 31.6 Å². The molecule has 0 saturated carbocycles. The van der Waals surface area contributed by atoms with E-state index in [2.05, 4.69) is 52.3 Å². The Balaban J connectivity index is 1.32. The van der Waals surface area contributed by atoms with E-state index < -0.39 is 256 Å². The summed E-state index contributed by atoms with van der Waals surface area (Å²) in [5, 5.41) is 126. The van der Waals surface area contributed by atoms with E-state index in [0.29, 0.717) is 54.6 Å². The van der Waals surface area contributed by atoms with E-state index in [1.54, 1.807) is 5.32 Å². The molecule has 0 aliphatic carbocycles. The molecule has 12 N–H and O–H groups in total. The van der Waals surface area contributed by atoms with Crippen LogP contribution < -0.4 is 32.6 Å². The van der Waals surface area contributed by atoms with Crippen LogP contribution in [0.5, 0.6) is 17.6 Å². The Morgan fingerprint density at radius 2 is 0.810 bits per heavy atom. The third-order valence-corrected chi connectivity index (χ3v) is 14.0. The molecular weight excluding hydrogens is 1440 g/mol. The van der Waals surface area contributed by atoms with Gasteiger partial charge in [0.15, 0.2) is 5.69 Å². The Morgan fingerprint density at radius 1 is 0.457 bits per heavy atom. The molecule has 7 aromatic rings. The topological polar surface area (TPSA) is 544 Å². The Labute approximate surface area is 571 Å². The third-order valence-electron chi connectivity index (χ3n) is 14.0. The summed E-state index contributed by atoms with van der Waals surface area (Å²) in [6.45, 7) is 13.7. The van der Waals surface area contributed by atoms with Gasteiger partial charge in [0.1, 0.15) is 51.5 Å². The molecule has 4 aromatic carbocycles. The van der Waals surface area contributed by atoms with Gasteiger partial charge in [-0.2, -0.15) is 44.8 Å². The number of halogens is 9. The first kappa shape index (κ1) is 77.1. The van der Waals surface area contributed by atoms with Gasteiger partial charge in [-0.15, -0.1) is 30.7 Å². The number of aromatic carboxylic acids is 6. The Morgan fingerprint density at radius 3 is 1.18 bits per heavy atom. The summed E-state index contributed by atoms with van der Waals surface area (Å²) in [7, 11) is 0. The number of carboxylic acid groups (broad SMARTS) is 6. The van der Waals surface area contributed by atoms with Gasteiger partial charge in [-0.1, -0.05) is 6.58 Å². The molecule has 0 saturated heterocycles. The number of carboxylic acids is 6. The van der Waals surface area contributed by atoms with Gasteiger partial charge < -0.3 is 61.9 Å². The average Bonchev–Trinajstić information content (AvgIpc) is 0.759. The molecule has 0 aliphatic heterocycles. The molecule has 0 spiro atoms. The number of carbonyl (C=O) groups is 9. The van der Waals surface area contributed by atoms with Gasteiger partial charge in [-0.05, 0) is 72.8 Å². The number of hydrogen-bond acceptors (Lipinski definition) is 22. The second-order valence-corrected chi connectivity index (χ2v) is 20.4. The van der Waals surface area contributed by atoms with Crippen molar-refractivity contribution >= 4 is 105 Å². The van der Waals surface area contributed by atoms with Crippen LogP contribution in [-0.4, -0.2) is 126 Å². The van der Waals surface area contributed by atoms with Crippen LogP contribution in [0.1, 0.15) is 115 Å². The van der Waals surface area contributed by atoms with Gasteiger partial charge in [-0.25, -0.2) is 43.0 Å². The van der Waals surface area contributed by atoms with E-state index >= 15 is 0 Å². The second kappa shape index (κ2) is 30.1. The molecule has 3 amide bonds. The first-order chi connectivity index (χ1) is 49.0. The van der Waals surface area contributed by atoms with Crippen molar-refractivity contribution in [3.63, 3.8) is 0 Å². The highest BCUT2D eigenvalue weighted by atomic mass is 19.4. The number of nitrogens with one attached hydrogen (secondary N) is 3. The smallest absolute Gasteiger partial charge is 0.420 e. The van der Waals surface area contributed by atoms with E-state index in [1.807, 2.05) is 5.32 Å². The molecule has 0 bridgehead atoms. The molecular formula is C60H34F9N15O21. The minimum absolute atomic E-state index is 0.00703. The highest BCUT2D eigenvalue weighted by Crippen LogP contribution is 2.49. The fourth-order valence-corrected chi connectivity index (χ4v) is 9.27. The molecule has 0 radical (unpaired) electrons. The molecule has 7 rings (SSSR count). The maximum absolute atomic E-state index is 14.8. The molecule has 538 valence electrons. The summed E-state index contributed by atoms with van der Waals surface area (Å²) < 4.78 is 132. The SMILES string of the molecule is [C-]#[N+]c1c(C(F)(F)F)c(N=Nc2cc(C(=O)O)ccc2C(=O)O)c(O)n(CCNC(=O)c2ccc(C(=O)NCCn3c(O)c(N=Nc4cc(C(=O)O)ccc4C(=O)O)c(C(F)(F)F)c(C#N)c3=O)cc2C(=O)NC(=C)n2c(O)c(N=Nc3cc(C(=O)O)ccc3C(=O)O)c(C(F)(F)F)c([N+]#[C-])c2=O)c1=O. The zero-order chi connectivity index (χ0) is 78.4. The predicted molar refractivity (Wildman–Crippen MR) is 327 cm³/mol. The number of hydrogen-bond donors (Lipinski definition) is 12. The number of nitrogens with zero attached hydrogens (tertiary/aromatic N) is 12. The summed E-state index contributed by atoms with van der Waals surface area (Å²) in [5.74, 6) is -22.7. The van der Waals surface area contributed by atoms with Crippen LogP contribution in [0.4, 0.5) is 85.0 Å². The quantitative estimate of drug-likeness (QED) is 0.0161. The standard InChI is InChI=1S/C60H34F9N15O21/c1-21(84-50(92)39(72-3)37(60(67,68)69)42(51(84)93)81-78-34-19-25(54(98)99)7-11-29(34)57(104)105)75-45(87)30-16-22(43(85)73-12-14-82-46(88)31(20-70)35(58(61,62)63)40(48(82)90)79-76-32-17-23(52(94)95)5-9-27(32)55(100)101)4-8-26(30)44(86)74-13-15-83-47(89)38(71-2)36(59(64,65)66)41(49(83)91)80-77-33-18-24(53(96)97)6-10-28(33)56(102)103/h4-11,16-19,90-91,93H,1,12-15H2,(H,73,85)(H,74,86)(H,75,87)(H,94,95)(H,96,97)(H,98,99)(H,100,101)(H,102,103)(H,104,105). The van der Waals surface area contributed by atoms with Crippen molar-refractivity contribution in [1.82, 2.24) is 29.7 Å². The minimum Gasteiger partial charge on any atom is -0.493 e. The van der Waals surface area contributed by atoms with Crippen LogP contribution in [-0.2, 0) is 31.6 Å². The zero-order valence-electron chi connectivity index (χ0n) is 51.2. The van der Waals surface area contributed by atoms with Gasteiger partial charge >= 0.3 is 54.3 Å². The van der Waals surface area contributed by atoms with Crippen LogP contribution in [0.3, 0.4) is 0 Å². The van der Waals surface area contributed by atoms with Crippen molar-refractivity contribution in [1.29, 1.82) is 5.26 Å². The van der Waals surface area contributed by atoms with Crippen LogP contribution in [0.25, 0.3) is 15.5 Å². The molecule has 3 aromatic heterocycles. The van der Waals surface area contributed by atoms with Crippen LogP contribution in [0.15, 0.2) is 124 Å². The van der Waals surface area contributed by atoms with Crippen molar-refractivity contribution in [3.05, 3.63) is 206 Å². The average molecular weight is 1470 g/mol. The fourth-order valence-electron chi connectivity index (χ4n) is 9.27. The number of azo groups is 3. The van der Waals surface area contributed by atoms with E-state index in [1.165, 1.54) is 0 Å². The molecule has 105 heavy (non-hydrogen) atoms. The maximum Gasteiger partial charge on any atom is 0.420 e. The Bertz CT molecular complexity index is 5420. The molecule has 36 nitrogen and oxygen atoms in total. The molecule has 45 heteroatoms. The van der Waals surface area contributed by atoms with Crippen LogP contribution in [0.2, 0.25) is 0 Å². The number of aromatic hydroxyl groups is 3. The Kier molecular flexibility index (Phi) is 22.1. The van der Waals surface area contributed by atoms with Gasteiger partial charge in [0.2, 0.25) is 17.6 Å². The highest BCUT2D eigenvalue weighted by molar-refractivity contribution is 6.10. The molecule has 3 heterocycles. The minimum atomic E-state index is -5.87. The van der Waals surface area contributed by atoms with Gasteiger partial charge in [0, 0.05) is 31.7 Å². The van der Waals surface area contributed by atoms with Gasteiger partial charge in [0.05, 0.1) is 68.8 Å². The first-order valence-corrected chi connectivity index (χ1v) is 27.7. The molecule has 0 atom stereocenters. The summed E-state index contributed by atoms with van der Waals surface area (Å²) in [4.78, 5) is 159. The number of alkyl halides is 9. The molecule has 0 fully saturated rings. The van der Waals surface area contributed by atoms with Crippen molar-refractivity contribution in [3.8, 4) is 23.7 Å². The summed E-state index contributed by atoms with van der Waals surface area (Å²) in [5.41, 5.74) is -34.9. The summed E-state index contributed by atoms with van der Waals surface area (Å²) in [6, 6.07) is 8.31. The lowest BCUT2D eigenvalue weighted by molar-refractivity contribution is -0.138. The van der Waals surface area contributed by atoms with E-state index in [-0.39, 0.29) is 13.7 Å². The van der Waals surface area contributed by atoms with E-state index in [0.717, 1.165) is 24.3 Å². The second-order valence-electron chi connectivity index (χ2n) is 20.4. The zero-order valence-corrected chi connectivity index (χ0v) is 51.2. The number of benzene rings is 4. The lowest BCUT2D eigenvalue weighted by atomic mass is 10.0. The van der Waals surface area contributed by atoms with Crippen LogP contribution in [0, 0.1) is 24.5 Å². The number of amides is 3. The van der Waals surface area contributed by atoms with Crippen molar-refractivity contribution in [2.24, 2.45) is 30.7 Å². The van der Waals surface area contributed by atoms with E-state index in [4.69, 9.17) is 13.1 Å². The van der Waals surface area contributed by atoms with Crippen LogP contribution >= 0.6 is 0 Å². The third kappa shape index (κ3) is 16.1. The predicted octanol–water partition coefficient (Wildman–Crippen LogP) is 9.47. The highest BCUT2D eigenvalue weighted by Gasteiger charge is 2.44. The van der Waals surface area contributed by atoms with Gasteiger partial charge in [0.25, 0.3) is 45.8 Å². The van der Waals surface area contributed by atoms with Gasteiger partial charge in [-0.3, -0.25) is 37.9 Å². The Hall–Kier alpha value is -15.3. The largest absolute Gasteiger partial charge is 0.493 e. The maximum atomic E-state index is 14.8. The van der Waals surface area contributed by atoms with Crippen molar-refractivity contribution < 1.29 is 129 Å². The summed E-state index contributed by atoms with van der Waals surface area (Å²) >= 11 is 0. The fraction of sp³-hybridized carbons (Fsp3) is 0.117. The lowest BCUT2D eigenvalue weighted by Gasteiger charge is -2.19.